The van der Waals surface area contributed by atoms with Gasteiger partial charge in [-0.05, 0) is 31.3 Å². The summed E-state index contributed by atoms with van der Waals surface area (Å²) < 4.78 is 11.2. The molecule has 0 radical (unpaired) electrons. The second-order valence-electron chi connectivity index (χ2n) is 6.55. The number of rotatable bonds is 4. The molecule has 140 valence electrons. The first-order chi connectivity index (χ1) is 12.9. The normalized spacial score (nSPS) is 16.4. The Morgan fingerprint density at radius 3 is 2.85 bits per heavy atom. The number of hydrogen-bond acceptors (Lipinski definition) is 7. The molecule has 4 rings (SSSR count). The number of aromatic nitrogens is 1. The molecule has 1 fully saturated rings. The summed E-state index contributed by atoms with van der Waals surface area (Å²) in [5.74, 6) is -1.00. The molecule has 2 aliphatic heterocycles. The van der Waals surface area contributed by atoms with E-state index in [1.54, 1.807) is 22.4 Å². The van der Waals surface area contributed by atoms with Crippen molar-refractivity contribution in [2.24, 2.45) is 0 Å². The van der Waals surface area contributed by atoms with E-state index in [-0.39, 0.29) is 29.1 Å². The fraction of sp³-hybridized carbons (Fsp3) is 0.353. The first-order valence-electron chi connectivity index (χ1n) is 8.54. The molecule has 10 heteroatoms. The standard InChI is InChI=1S/C17H17BN2O6S/c1-9-19-12(8-27-9)16(21)20-6-11(7-20)25-13-3-2-10-4-5-18(24)26-15(10)14(13)17(22)23/h2-3,8,11,24H,4-7H2,1H3,(H,22,23). The van der Waals surface area contributed by atoms with E-state index in [2.05, 4.69) is 4.98 Å². The Hall–Kier alpha value is -2.59. The van der Waals surface area contributed by atoms with Crippen molar-refractivity contribution in [2.45, 2.75) is 25.8 Å². The number of fused-ring (bicyclic) bond motifs is 1. The molecular formula is C17H17BN2O6S. The Bertz CT molecular complexity index is 911. The number of hydrogen-bond donors (Lipinski definition) is 2. The van der Waals surface area contributed by atoms with E-state index in [4.69, 9.17) is 9.39 Å². The van der Waals surface area contributed by atoms with Crippen molar-refractivity contribution >= 4 is 30.3 Å². The molecule has 0 unspecified atom stereocenters. The third-order valence-corrected chi connectivity index (χ3v) is 5.37. The molecule has 0 spiro atoms. The molecule has 0 bridgehead atoms. The third kappa shape index (κ3) is 3.37. The van der Waals surface area contributed by atoms with E-state index in [1.807, 2.05) is 6.92 Å². The molecule has 0 atom stereocenters. The zero-order valence-electron chi connectivity index (χ0n) is 14.5. The smallest absolute Gasteiger partial charge is 0.522 e. The number of carboxylic acids is 1. The fourth-order valence-corrected chi connectivity index (χ4v) is 3.78. The average molecular weight is 388 g/mol. The minimum Gasteiger partial charge on any atom is -0.535 e. The van der Waals surface area contributed by atoms with Gasteiger partial charge in [-0.15, -0.1) is 11.3 Å². The van der Waals surface area contributed by atoms with Crippen molar-refractivity contribution in [2.75, 3.05) is 13.1 Å². The minimum absolute atomic E-state index is 0.0915. The van der Waals surface area contributed by atoms with Crippen molar-refractivity contribution in [1.29, 1.82) is 0 Å². The maximum absolute atomic E-state index is 12.3. The summed E-state index contributed by atoms with van der Waals surface area (Å²) in [6, 6.07) is 3.36. The van der Waals surface area contributed by atoms with Crippen LogP contribution in [0.4, 0.5) is 0 Å². The maximum atomic E-state index is 12.3. The molecule has 1 aromatic heterocycles. The Kier molecular flexibility index (Phi) is 4.52. The Morgan fingerprint density at radius 1 is 1.41 bits per heavy atom. The molecule has 8 nitrogen and oxygen atoms in total. The van der Waals surface area contributed by atoms with Crippen LogP contribution in [0.2, 0.25) is 6.32 Å². The van der Waals surface area contributed by atoms with Crippen LogP contribution in [0.15, 0.2) is 17.5 Å². The molecular weight excluding hydrogens is 371 g/mol. The van der Waals surface area contributed by atoms with Gasteiger partial charge in [0.15, 0.2) is 0 Å². The largest absolute Gasteiger partial charge is 0.535 e. The summed E-state index contributed by atoms with van der Waals surface area (Å²) in [5, 5.41) is 21.8. The second kappa shape index (κ2) is 6.86. The first-order valence-corrected chi connectivity index (χ1v) is 9.42. The number of likely N-dealkylation sites (tertiary alicyclic amines) is 1. The van der Waals surface area contributed by atoms with Crippen LogP contribution in [0.5, 0.6) is 11.5 Å². The highest BCUT2D eigenvalue weighted by atomic mass is 32.1. The van der Waals surface area contributed by atoms with E-state index in [0.717, 1.165) is 10.6 Å². The van der Waals surface area contributed by atoms with Crippen molar-refractivity contribution < 1.29 is 29.1 Å². The van der Waals surface area contributed by atoms with E-state index in [9.17, 15) is 19.7 Å². The molecule has 2 aliphatic rings. The maximum Gasteiger partial charge on any atom is 0.522 e. The number of benzene rings is 1. The lowest BCUT2D eigenvalue weighted by Gasteiger charge is -2.39. The van der Waals surface area contributed by atoms with Gasteiger partial charge in [-0.3, -0.25) is 4.79 Å². The number of ether oxygens (including phenoxy) is 1. The van der Waals surface area contributed by atoms with Gasteiger partial charge in [0.2, 0.25) is 0 Å². The molecule has 1 saturated heterocycles. The van der Waals surface area contributed by atoms with Gasteiger partial charge < -0.3 is 24.4 Å². The fourth-order valence-electron chi connectivity index (χ4n) is 3.20. The monoisotopic (exact) mass is 388 g/mol. The first kappa shape index (κ1) is 17.8. The summed E-state index contributed by atoms with van der Waals surface area (Å²) in [5.41, 5.74) is 1.05. The SMILES string of the molecule is Cc1nc(C(=O)N2CC(Oc3ccc4c(c3C(=O)O)OB(O)CC4)C2)cs1. The van der Waals surface area contributed by atoms with Crippen molar-refractivity contribution in [3.63, 3.8) is 0 Å². The molecule has 0 aliphatic carbocycles. The molecule has 2 aromatic rings. The second-order valence-corrected chi connectivity index (χ2v) is 7.61. The van der Waals surface area contributed by atoms with Gasteiger partial charge in [0.1, 0.15) is 28.9 Å². The van der Waals surface area contributed by atoms with Crippen molar-refractivity contribution in [3.8, 4) is 11.5 Å². The average Bonchev–Trinajstić information content (AvgIpc) is 3.02. The predicted molar refractivity (Wildman–Crippen MR) is 97.7 cm³/mol. The summed E-state index contributed by atoms with van der Waals surface area (Å²) in [7, 11) is -1.02. The lowest BCUT2D eigenvalue weighted by Crippen LogP contribution is -2.56. The molecule has 3 heterocycles. The molecule has 27 heavy (non-hydrogen) atoms. The van der Waals surface area contributed by atoms with Gasteiger partial charge >= 0.3 is 13.1 Å². The Balaban J connectivity index is 1.47. The number of carbonyl (C=O) groups excluding carboxylic acids is 1. The number of carboxylic acid groups (broad SMARTS) is 1. The van der Waals surface area contributed by atoms with E-state index in [0.29, 0.717) is 31.5 Å². The molecule has 1 aromatic carbocycles. The minimum atomic E-state index is -1.18. The van der Waals surface area contributed by atoms with Gasteiger partial charge in [-0.25, -0.2) is 9.78 Å². The molecule has 2 N–H and O–H groups in total. The number of amides is 1. The van der Waals surface area contributed by atoms with Gasteiger partial charge in [0, 0.05) is 5.38 Å². The van der Waals surface area contributed by atoms with Crippen LogP contribution in [0.25, 0.3) is 0 Å². The van der Waals surface area contributed by atoms with E-state index < -0.39 is 13.1 Å². The lowest BCUT2D eigenvalue weighted by molar-refractivity contribution is 0.0165. The summed E-state index contributed by atoms with van der Waals surface area (Å²) in [4.78, 5) is 29.8. The van der Waals surface area contributed by atoms with E-state index >= 15 is 0 Å². The zero-order valence-corrected chi connectivity index (χ0v) is 15.4. The highest BCUT2D eigenvalue weighted by molar-refractivity contribution is 7.09. The number of aryl methyl sites for hydroxylation is 2. The summed E-state index contributed by atoms with van der Waals surface area (Å²) in [6.45, 7) is 2.55. The van der Waals surface area contributed by atoms with Crippen molar-refractivity contribution in [3.05, 3.63) is 39.3 Å². The number of thiazole rings is 1. The third-order valence-electron chi connectivity index (χ3n) is 4.60. The number of aromatic carboxylic acids is 1. The quantitative estimate of drug-likeness (QED) is 0.764. The summed E-state index contributed by atoms with van der Waals surface area (Å²) >= 11 is 1.42. The van der Waals surface area contributed by atoms with Crippen LogP contribution >= 0.6 is 11.3 Å². The zero-order chi connectivity index (χ0) is 19.1. The molecule has 1 amide bonds. The topological polar surface area (TPSA) is 109 Å². The number of nitrogens with zero attached hydrogens (tertiary/aromatic N) is 2. The lowest BCUT2D eigenvalue weighted by atomic mass is 9.78. The summed E-state index contributed by atoms with van der Waals surface area (Å²) in [6.07, 6.45) is 0.649. The van der Waals surface area contributed by atoms with Crippen molar-refractivity contribution in [1.82, 2.24) is 9.88 Å². The molecule has 0 saturated carbocycles. The van der Waals surface area contributed by atoms with Crippen LogP contribution in [-0.2, 0) is 6.42 Å². The predicted octanol–water partition coefficient (Wildman–Crippen LogP) is 1.47. The van der Waals surface area contributed by atoms with Gasteiger partial charge in [0.25, 0.3) is 5.91 Å². The highest BCUT2D eigenvalue weighted by Gasteiger charge is 2.36. The van der Waals surface area contributed by atoms with Crippen LogP contribution < -0.4 is 9.39 Å². The van der Waals surface area contributed by atoms with Crippen LogP contribution in [0.3, 0.4) is 0 Å². The van der Waals surface area contributed by atoms with Gasteiger partial charge in [0.05, 0.1) is 18.1 Å². The highest BCUT2D eigenvalue weighted by Crippen LogP contribution is 2.37. The van der Waals surface area contributed by atoms with Gasteiger partial charge in [-0.2, -0.15) is 0 Å². The Morgan fingerprint density at radius 2 is 2.19 bits per heavy atom. The van der Waals surface area contributed by atoms with Gasteiger partial charge in [-0.1, -0.05) is 6.07 Å². The Labute approximate surface area is 159 Å². The van der Waals surface area contributed by atoms with Crippen LogP contribution in [-0.4, -0.2) is 58.2 Å². The van der Waals surface area contributed by atoms with Crippen LogP contribution in [0, 0.1) is 6.92 Å². The van der Waals surface area contributed by atoms with Crippen LogP contribution in [0.1, 0.15) is 31.4 Å². The number of carbonyl (C=O) groups is 2. The van der Waals surface area contributed by atoms with E-state index in [1.165, 1.54) is 11.3 Å².